The lowest BCUT2D eigenvalue weighted by atomic mass is 10.0. The number of unbranched alkanes of at least 4 members (excludes halogenated alkanes) is 6. The number of halogens is 2. The molecule has 2 heterocycles. The standard InChI is InChI=1S/C50H57Br2N4O2/c1-3-31-56(2,32-9-5-7-11-34-58-45-23-25-47-41(36-45)27-30-54-49(47)38-16-20-43(52)21-17-38)50(39-12-13-39)55-28-8-4-6-10-33-57-44-22-24-46-40(35-44)26-29-53-48(46)37-14-18-42(51)19-15-37/h3,14-27,29-30,35-36,39,50,55H,1,4-13,28,31-34H2,2H3/q+1. The number of nitrogens with one attached hydrogen (secondary N) is 1. The van der Waals surface area contributed by atoms with E-state index in [-0.39, 0.29) is 0 Å². The highest BCUT2D eigenvalue weighted by Crippen LogP contribution is 2.37. The number of hydrogen-bond acceptors (Lipinski definition) is 5. The van der Waals surface area contributed by atoms with Gasteiger partial charge in [0.25, 0.3) is 0 Å². The average molecular weight is 906 g/mol. The molecular weight excluding hydrogens is 848 g/mol. The summed E-state index contributed by atoms with van der Waals surface area (Å²) in [4.78, 5) is 9.34. The van der Waals surface area contributed by atoms with Crippen molar-refractivity contribution in [1.82, 2.24) is 15.3 Å². The Morgan fingerprint density at radius 1 is 0.672 bits per heavy atom. The highest BCUT2D eigenvalue weighted by atomic mass is 79.9. The zero-order valence-electron chi connectivity index (χ0n) is 33.9. The molecule has 1 fully saturated rings. The van der Waals surface area contributed by atoms with Crippen molar-refractivity contribution in [3.05, 3.63) is 131 Å². The van der Waals surface area contributed by atoms with Crippen molar-refractivity contribution in [3.63, 3.8) is 0 Å². The maximum absolute atomic E-state index is 6.21. The fourth-order valence-corrected chi connectivity index (χ4v) is 8.78. The van der Waals surface area contributed by atoms with Crippen molar-refractivity contribution in [2.45, 2.75) is 70.4 Å². The lowest BCUT2D eigenvalue weighted by Gasteiger charge is -2.42. The zero-order valence-corrected chi connectivity index (χ0v) is 37.0. The van der Waals surface area contributed by atoms with Crippen LogP contribution in [0.4, 0.5) is 0 Å². The maximum atomic E-state index is 6.21. The molecule has 0 aliphatic heterocycles. The third-order valence-corrected chi connectivity index (χ3v) is 12.6. The van der Waals surface area contributed by atoms with Crippen molar-refractivity contribution >= 4 is 53.4 Å². The second-order valence-corrected chi connectivity index (χ2v) is 17.9. The van der Waals surface area contributed by atoms with Crippen LogP contribution in [0.15, 0.2) is 131 Å². The van der Waals surface area contributed by atoms with E-state index in [0.29, 0.717) is 6.17 Å². The Hall–Kier alpha value is -4.08. The normalized spacial score (nSPS) is 14.3. The summed E-state index contributed by atoms with van der Waals surface area (Å²) in [6, 6.07) is 33.5. The lowest BCUT2D eigenvalue weighted by Crippen LogP contribution is -2.60. The van der Waals surface area contributed by atoms with Gasteiger partial charge in [0.2, 0.25) is 0 Å². The zero-order chi connectivity index (χ0) is 40.2. The molecule has 8 heteroatoms. The van der Waals surface area contributed by atoms with Crippen molar-refractivity contribution in [2.75, 3.05) is 39.9 Å². The summed E-state index contributed by atoms with van der Waals surface area (Å²) in [5.74, 6) is 2.63. The topological polar surface area (TPSA) is 56.3 Å². The molecule has 1 N–H and O–H groups in total. The van der Waals surface area contributed by atoms with E-state index in [4.69, 9.17) is 9.47 Å². The number of aromatic nitrogens is 2. The first kappa shape index (κ1) is 42.1. The number of fused-ring (bicyclic) bond motifs is 2. The van der Waals surface area contributed by atoms with Gasteiger partial charge in [-0.3, -0.25) is 15.3 Å². The van der Waals surface area contributed by atoms with Gasteiger partial charge in [0, 0.05) is 55.7 Å². The minimum atomic E-state index is 0.504. The van der Waals surface area contributed by atoms with Gasteiger partial charge in [-0.05, 0) is 141 Å². The van der Waals surface area contributed by atoms with E-state index < -0.39 is 0 Å². The number of likely N-dealkylation sites (N-methyl/N-ethyl adjacent to an activating group) is 1. The van der Waals surface area contributed by atoms with Gasteiger partial charge in [0.15, 0.2) is 0 Å². The lowest BCUT2D eigenvalue weighted by molar-refractivity contribution is -0.933. The maximum Gasteiger partial charge on any atom is 0.145 e. The SMILES string of the molecule is C=CC[N+](C)(CCCCCCOc1ccc2c(-c3ccc(Br)cc3)nccc2c1)C(NCCCCCCOc1ccc2c(-c3ccc(Br)cc3)nccc2c1)C1CC1. The molecule has 4 aromatic carbocycles. The van der Waals surface area contributed by atoms with Crippen LogP contribution < -0.4 is 14.8 Å². The summed E-state index contributed by atoms with van der Waals surface area (Å²) in [6.45, 7) is 8.89. The Morgan fingerprint density at radius 3 is 1.67 bits per heavy atom. The second-order valence-electron chi connectivity index (χ2n) is 16.0. The molecule has 7 rings (SSSR count). The predicted molar refractivity (Wildman–Crippen MR) is 248 cm³/mol. The monoisotopic (exact) mass is 903 g/mol. The Bertz CT molecular complexity index is 2240. The molecule has 2 unspecified atom stereocenters. The van der Waals surface area contributed by atoms with Gasteiger partial charge in [-0.2, -0.15) is 0 Å². The number of ether oxygens (including phenoxy) is 2. The molecule has 0 saturated heterocycles. The summed E-state index contributed by atoms with van der Waals surface area (Å²) in [7, 11) is 2.44. The van der Waals surface area contributed by atoms with Crippen molar-refractivity contribution < 1.29 is 14.0 Å². The Kier molecular flexibility index (Phi) is 15.0. The average Bonchev–Trinajstić information content (AvgIpc) is 4.08. The Morgan fingerprint density at radius 2 is 1.17 bits per heavy atom. The minimum Gasteiger partial charge on any atom is -0.494 e. The number of hydrogen-bond donors (Lipinski definition) is 1. The largest absolute Gasteiger partial charge is 0.494 e. The molecule has 0 bridgehead atoms. The van der Waals surface area contributed by atoms with Gasteiger partial charge in [-0.25, -0.2) is 0 Å². The smallest absolute Gasteiger partial charge is 0.145 e. The van der Waals surface area contributed by atoms with E-state index >= 15 is 0 Å². The molecule has 2 aromatic heterocycles. The molecule has 0 amide bonds. The van der Waals surface area contributed by atoms with Crippen molar-refractivity contribution in [2.24, 2.45) is 5.92 Å². The molecule has 1 aliphatic carbocycles. The van der Waals surface area contributed by atoms with Gasteiger partial charge in [0.05, 0.1) is 44.7 Å². The summed E-state index contributed by atoms with van der Waals surface area (Å²) in [5, 5.41) is 8.61. The van der Waals surface area contributed by atoms with E-state index in [1.54, 1.807) is 0 Å². The quantitative estimate of drug-likeness (QED) is 0.0300. The molecule has 1 saturated carbocycles. The molecule has 0 spiro atoms. The summed E-state index contributed by atoms with van der Waals surface area (Å²) in [6.07, 6.45) is 18.4. The summed E-state index contributed by atoms with van der Waals surface area (Å²) in [5.41, 5.74) is 4.22. The first-order valence-corrected chi connectivity index (χ1v) is 22.7. The van der Waals surface area contributed by atoms with Crippen LogP contribution in [-0.2, 0) is 0 Å². The summed E-state index contributed by atoms with van der Waals surface area (Å²) >= 11 is 7.06. The van der Waals surface area contributed by atoms with Crippen LogP contribution in [0.1, 0.15) is 64.2 Å². The fraction of sp³-hybridized carbons (Fsp3) is 0.360. The van der Waals surface area contributed by atoms with E-state index in [1.807, 2.05) is 12.4 Å². The number of benzene rings is 4. The van der Waals surface area contributed by atoms with E-state index in [1.165, 1.54) is 57.9 Å². The Balaban J connectivity index is 0.788. The molecule has 6 aromatic rings. The molecule has 0 radical (unpaired) electrons. The van der Waals surface area contributed by atoms with Crippen molar-refractivity contribution in [1.29, 1.82) is 0 Å². The van der Waals surface area contributed by atoms with Crippen LogP contribution in [0, 0.1) is 5.92 Å². The van der Waals surface area contributed by atoms with Crippen LogP contribution in [0.3, 0.4) is 0 Å². The van der Waals surface area contributed by atoms with Gasteiger partial charge in [-0.15, -0.1) is 0 Å². The highest BCUT2D eigenvalue weighted by molar-refractivity contribution is 9.10. The van der Waals surface area contributed by atoms with Crippen LogP contribution in [-0.4, -0.2) is 60.5 Å². The van der Waals surface area contributed by atoms with Crippen LogP contribution in [0.25, 0.3) is 44.1 Å². The fourth-order valence-electron chi connectivity index (χ4n) is 8.25. The molecule has 6 nitrogen and oxygen atoms in total. The van der Waals surface area contributed by atoms with Gasteiger partial charge in [0.1, 0.15) is 17.7 Å². The number of pyridine rings is 2. The number of quaternary nitrogens is 1. The van der Waals surface area contributed by atoms with Crippen LogP contribution in [0.5, 0.6) is 11.5 Å². The van der Waals surface area contributed by atoms with Gasteiger partial charge >= 0.3 is 0 Å². The first-order valence-electron chi connectivity index (χ1n) is 21.1. The minimum absolute atomic E-state index is 0.504. The molecule has 302 valence electrons. The molecule has 2 atom stereocenters. The Labute approximate surface area is 361 Å². The van der Waals surface area contributed by atoms with E-state index in [9.17, 15) is 0 Å². The number of nitrogens with zero attached hydrogens (tertiary/aromatic N) is 3. The third-order valence-electron chi connectivity index (χ3n) is 11.5. The number of rotatable bonds is 23. The molecule has 1 aliphatic rings. The first-order chi connectivity index (χ1) is 28.4. The summed E-state index contributed by atoms with van der Waals surface area (Å²) < 4.78 is 15.6. The van der Waals surface area contributed by atoms with Gasteiger partial charge < -0.3 is 14.0 Å². The highest BCUT2D eigenvalue weighted by Gasteiger charge is 2.42. The predicted octanol–water partition coefficient (Wildman–Crippen LogP) is 13.2. The molecule has 58 heavy (non-hydrogen) atoms. The van der Waals surface area contributed by atoms with E-state index in [0.717, 1.165) is 114 Å². The second kappa shape index (κ2) is 20.7. The third kappa shape index (κ3) is 11.3. The van der Waals surface area contributed by atoms with Gasteiger partial charge in [-0.1, -0.05) is 75.5 Å². The van der Waals surface area contributed by atoms with Crippen LogP contribution >= 0.6 is 31.9 Å². The van der Waals surface area contributed by atoms with Crippen molar-refractivity contribution in [3.8, 4) is 34.0 Å². The van der Waals surface area contributed by atoms with E-state index in [2.05, 4.69) is 164 Å². The molecular formula is C50H57Br2N4O2+. The van der Waals surface area contributed by atoms with Crippen LogP contribution in [0.2, 0.25) is 0 Å².